The van der Waals surface area contributed by atoms with Gasteiger partial charge in [-0.15, -0.1) is 0 Å². The van der Waals surface area contributed by atoms with Crippen molar-refractivity contribution in [3.05, 3.63) is 52.4 Å². The van der Waals surface area contributed by atoms with Gasteiger partial charge in [-0.2, -0.15) is 0 Å². The second kappa shape index (κ2) is 5.71. The fourth-order valence-corrected chi connectivity index (χ4v) is 2.17. The standard InChI is InChI=1S/C15H14BrNO3/c16-12-3-1-2-4-13(12)19-9-11-7-8-14(20-11)15(18)17-10-5-6-10/h1-4,7-8,10H,5-6,9H2,(H,17,18). The number of carbonyl (C=O) groups excluding carboxylic acids is 1. The molecule has 4 nitrogen and oxygen atoms in total. The van der Waals surface area contributed by atoms with E-state index in [9.17, 15) is 4.79 Å². The van der Waals surface area contributed by atoms with Crippen LogP contribution < -0.4 is 10.1 Å². The number of nitrogens with one attached hydrogen (secondary N) is 1. The molecule has 1 aromatic carbocycles. The normalized spacial score (nSPS) is 14.1. The van der Waals surface area contributed by atoms with Crippen LogP contribution in [0, 0.1) is 0 Å². The molecule has 104 valence electrons. The molecule has 0 bridgehead atoms. The number of rotatable bonds is 5. The highest BCUT2D eigenvalue weighted by Gasteiger charge is 2.25. The first kappa shape index (κ1) is 13.2. The maximum Gasteiger partial charge on any atom is 0.287 e. The van der Waals surface area contributed by atoms with E-state index in [1.807, 2.05) is 24.3 Å². The van der Waals surface area contributed by atoms with Crippen LogP contribution in [0.1, 0.15) is 29.2 Å². The van der Waals surface area contributed by atoms with Crippen molar-refractivity contribution in [2.75, 3.05) is 0 Å². The Bertz CT molecular complexity index is 619. The minimum atomic E-state index is -0.153. The van der Waals surface area contributed by atoms with Crippen LogP contribution in [-0.4, -0.2) is 11.9 Å². The molecule has 1 amide bonds. The van der Waals surface area contributed by atoms with Gasteiger partial charge in [-0.1, -0.05) is 12.1 Å². The Kier molecular flexibility index (Phi) is 3.78. The Labute approximate surface area is 125 Å². The predicted octanol–water partition coefficient (Wildman–Crippen LogP) is 3.51. The summed E-state index contributed by atoms with van der Waals surface area (Å²) in [5.41, 5.74) is 0. The summed E-state index contributed by atoms with van der Waals surface area (Å²) in [6.45, 7) is 0.291. The zero-order valence-corrected chi connectivity index (χ0v) is 12.4. The van der Waals surface area contributed by atoms with E-state index in [1.54, 1.807) is 12.1 Å². The molecule has 0 saturated heterocycles. The zero-order valence-electron chi connectivity index (χ0n) is 10.8. The van der Waals surface area contributed by atoms with E-state index >= 15 is 0 Å². The second-order valence-corrected chi connectivity index (χ2v) is 5.59. The molecule has 1 aliphatic carbocycles. The number of hydrogen-bond donors (Lipinski definition) is 1. The summed E-state index contributed by atoms with van der Waals surface area (Å²) in [6, 6.07) is 11.4. The van der Waals surface area contributed by atoms with E-state index < -0.39 is 0 Å². The first-order valence-electron chi connectivity index (χ1n) is 6.49. The molecule has 1 saturated carbocycles. The van der Waals surface area contributed by atoms with Gasteiger partial charge in [0.05, 0.1) is 4.47 Å². The molecule has 0 spiro atoms. The van der Waals surface area contributed by atoms with Crippen LogP contribution in [0.3, 0.4) is 0 Å². The molecule has 20 heavy (non-hydrogen) atoms. The average molecular weight is 336 g/mol. The molecule has 3 rings (SSSR count). The quantitative estimate of drug-likeness (QED) is 0.909. The second-order valence-electron chi connectivity index (χ2n) is 4.73. The van der Waals surface area contributed by atoms with Crippen molar-refractivity contribution in [3.8, 4) is 5.75 Å². The molecule has 1 aliphatic rings. The summed E-state index contributed by atoms with van der Waals surface area (Å²) in [5.74, 6) is 1.55. The van der Waals surface area contributed by atoms with E-state index in [0.717, 1.165) is 23.1 Å². The van der Waals surface area contributed by atoms with Crippen LogP contribution in [0.5, 0.6) is 5.75 Å². The van der Waals surface area contributed by atoms with E-state index in [4.69, 9.17) is 9.15 Å². The Morgan fingerprint density at radius 2 is 2.10 bits per heavy atom. The maximum atomic E-state index is 11.8. The van der Waals surface area contributed by atoms with Gasteiger partial charge in [0.25, 0.3) is 5.91 Å². The highest BCUT2D eigenvalue weighted by molar-refractivity contribution is 9.10. The Morgan fingerprint density at radius 3 is 2.85 bits per heavy atom. The summed E-state index contributed by atoms with van der Waals surface area (Å²) in [7, 11) is 0. The summed E-state index contributed by atoms with van der Waals surface area (Å²) < 4.78 is 12.0. The summed E-state index contributed by atoms with van der Waals surface area (Å²) >= 11 is 3.41. The van der Waals surface area contributed by atoms with Crippen LogP contribution in [0.2, 0.25) is 0 Å². The van der Waals surface area contributed by atoms with E-state index in [-0.39, 0.29) is 5.91 Å². The molecule has 0 radical (unpaired) electrons. The van der Waals surface area contributed by atoms with Crippen LogP contribution in [0.4, 0.5) is 0 Å². The Hall–Kier alpha value is -1.75. The van der Waals surface area contributed by atoms with E-state index in [2.05, 4.69) is 21.2 Å². The third-order valence-corrected chi connectivity index (χ3v) is 3.66. The van der Waals surface area contributed by atoms with Crippen molar-refractivity contribution in [2.24, 2.45) is 0 Å². The lowest BCUT2D eigenvalue weighted by molar-refractivity contribution is 0.0919. The van der Waals surface area contributed by atoms with Gasteiger partial charge < -0.3 is 14.5 Å². The first-order valence-corrected chi connectivity index (χ1v) is 7.28. The van der Waals surface area contributed by atoms with Gasteiger partial charge in [0.2, 0.25) is 0 Å². The van der Waals surface area contributed by atoms with Gasteiger partial charge in [0.1, 0.15) is 18.1 Å². The van der Waals surface area contributed by atoms with Crippen LogP contribution >= 0.6 is 15.9 Å². The van der Waals surface area contributed by atoms with Crippen LogP contribution in [-0.2, 0) is 6.61 Å². The lowest BCUT2D eigenvalue weighted by atomic mass is 10.3. The molecule has 1 fully saturated rings. The van der Waals surface area contributed by atoms with Crippen molar-refractivity contribution >= 4 is 21.8 Å². The minimum absolute atomic E-state index is 0.153. The van der Waals surface area contributed by atoms with E-state index in [0.29, 0.717) is 24.2 Å². The third-order valence-electron chi connectivity index (χ3n) is 3.00. The molecule has 2 aromatic rings. The Balaban J connectivity index is 1.59. The van der Waals surface area contributed by atoms with Gasteiger partial charge in [-0.3, -0.25) is 4.79 Å². The number of halogens is 1. The number of hydrogen-bond acceptors (Lipinski definition) is 3. The lowest BCUT2D eigenvalue weighted by Gasteiger charge is -2.05. The average Bonchev–Trinajstić information content (AvgIpc) is 3.13. The predicted molar refractivity (Wildman–Crippen MR) is 77.7 cm³/mol. The molecular formula is C15H14BrNO3. The van der Waals surface area contributed by atoms with Crippen molar-refractivity contribution in [3.63, 3.8) is 0 Å². The largest absolute Gasteiger partial charge is 0.484 e. The monoisotopic (exact) mass is 335 g/mol. The molecule has 0 aliphatic heterocycles. The van der Waals surface area contributed by atoms with Gasteiger partial charge in [0.15, 0.2) is 5.76 Å². The molecule has 5 heteroatoms. The third kappa shape index (κ3) is 3.22. The maximum absolute atomic E-state index is 11.8. The first-order chi connectivity index (χ1) is 9.72. The SMILES string of the molecule is O=C(NC1CC1)c1ccc(COc2ccccc2Br)o1. The molecule has 1 aromatic heterocycles. The van der Waals surface area contributed by atoms with Gasteiger partial charge in [-0.05, 0) is 53.0 Å². The molecule has 0 atom stereocenters. The van der Waals surface area contributed by atoms with Crippen LogP contribution in [0.25, 0.3) is 0 Å². The topological polar surface area (TPSA) is 51.5 Å². The van der Waals surface area contributed by atoms with Gasteiger partial charge >= 0.3 is 0 Å². The van der Waals surface area contributed by atoms with Gasteiger partial charge in [-0.25, -0.2) is 0 Å². The Morgan fingerprint density at radius 1 is 1.30 bits per heavy atom. The molecule has 1 N–H and O–H groups in total. The van der Waals surface area contributed by atoms with Crippen molar-refractivity contribution in [1.29, 1.82) is 0 Å². The number of ether oxygens (including phenoxy) is 1. The van der Waals surface area contributed by atoms with Crippen molar-refractivity contribution < 1.29 is 13.9 Å². The summed E-state index contributed by atoms with van der Waals surface area (Å²) in [5, 5.41) is 2.89. The number of benzene rings is 1. The lowest BCUT2D eigenvalue weighted by Crippen LogP contribution is -2.24. The number of amides is 1. The fourth-order valence-electron chi connectivity index (χ4n) is 1.77. The zero-order chi connectivity index (χ0) is 13.9. The number of para-hydroxylation sites is 1. The highest BCUT2D eigenvalue weighted by Crippen LogP contribution is 2.25. The molecule has 1 heterocycles. The highest BCUT2D eigenvalue weighted by atomic mass is 79.9. The fraction of sp³-hybridized carbons (Fsp3) is 0.267. The van der Waals surface area contributed by atoms with Crippen molar-refractivity contribution in [2.45, 2.75) is 25.5 Å². The van der Waals surface area contributed by atoms with Gasteiger partial charge in [0, 0.05) is 6.04 Å². The smallest absolute Gasteiger partial charge is 0.287 e. The number of carbonyl (C=O) groups is 1. The number of furan rings is 1. The summed E-state index contributed by atoms with van der Waals surface area (Å²) in [4.78, 5) is 11.8. The summed E-state index contributed by atoms with van der Waals surface area (Å²) in [6.07, 6.45) is 2.12. The van der Waals surface area contributed by atoms with E-state index in [1.165, 1.54) is 0 Å². The molecular weight excluding hydrogens is 322 g/mol. The minimum Gasteiger partial charge on any atom is -0.484 e. The van der Waals surface area contributed by atoms with Crippen molar-refractivity contribution in [1.82, 2.24) is 5.32 Å². The molecule has 0 unspecified atom stereocenters. The van der Waals surface area contributed by atoms with Crippen LogP contribution in [0.15, 0.2) is 45.3 Å².